The zero-order chi connectivity index (χ0) is 10.8. The van der Waals surface area contributed by atoms with Gasteiger partial charge in [-0.15, -0.1) is 11.1 Å². The first-order chi connectivity index (χ1) is 7.24. The van der Waals surface area contributed by atoms with E-state index < -0.39 is 0 Å². The van der Waals surface area contributed by atoms with Gasteiger partial charge in [0.1, 0.15) is 0 Å². The molecule has 1 saturated heterocycles. The monoisotopic (exact) mass is 271 g/mol. The number of hydrogen-bond acceptors (Lipinski definition) is 4. The fraction of sp³-hybridized carbons (Fsp3) is 0.250. The van der Waals surface area contributed by atoms with Gasteiger partial charge >= 0.3 is 6.03 Å². The number of anilines is 1. The van der Waals surface area contributed by atoms with E-state index in [1.54, 1.807) is 19.3 Å². The van der Waals surface area contributed by atoms with E-state index >= 15 is 0 Å². The number of alkyl halides is 1. The molecule has 1 aliphatic rings. The molecule has 0 aromatic carbocycles. The van der Waals surface area contributed by atoms with E-state index in [-0.39, 0.29) is 6.03 Å². The van der Waals surface area contributed by atoms with E-state index in [0.29, 0.717) is 5.33 Å². The van der Waals surface area contributed by atoms with Gasteiger partial charge in [-0.2, -0.15) is 0 Å². The van der Waals surface area contributed by atoms with Crippen molar-refractivity contribution in [3.8, 4) is 0 Å². The highest BCUT2D eigenvalue weighted by molar-refractivity contribution is 9.08. The molecule has 80 valence electrons. The van der Waals surface area contributed by atoms with Crippen LogP contribution in [0, 0.1) is 0 Å². The number of pyridine rings is 1. The molecule has 2 N–H and O–H groups in total. The van der Waals surface area contributed by atoms with Gasteiger partial charge in [0.25, 0.3) is 0 Å². The minimum absolute atomic E-state index is 0.176. The van der Waals surface area contributed by atoms with Gasteiger partial charge in [0, 0.05) is 18.6 Å². The number of hydrogen-bond donors (Lipinski definition) is 2. The molecule has 1 aliphatic heterocycles. The van der Waals surface area contributed by atoms with Gasteiger partial charge in [0.05, 0.1) is 11.4 Å². The summed E-state index contributed by atoms with van der Waals surface area (Å²) >= 11 is 3.33. The second kappa shape index (κ2) is 4.13. The van der Waals surface area contributed by atoms with E-state index in [1.165, 1.54) is 10.0 Å². The third kappa shape index (κ3) is 1.81. The van der Waals surface area contributed by atoms with Crippen molar-refractivity contribution in [2.24, 2.45) is 0 Å². The molecule has 0 aliphatic carbocycles. The molecule has 0 saturated carbocycles. The smallest absolute Gasteiger partial charge is 0.258 e. The average molecular weight is 272 g/mol. The minimum atomic E-state index is -0.176. The lowest BCUT2D eigenvalue weighted by atomic mass is 10.3. The Morgan fingerprint density at radius 3 is 2.93 bits per heavy atom. The maximum atomic E-state index is 11.7. The van der Waals surface area contributed by atoms with Crippen LogP contribution in [-0.4, -0.2) is 23.1 Å². The Morgan fingerprint density at radius 1 is 1.53 bits per heavy atom. The van der Waals surface area contributed by atoms with E-state index in [4.69, 9.17) is 0 Å². The highest BCUT2D eigenvalue weighted by Crippen LogP contribution is 2.20. The maximum Gasteiger partial charge on any atom is 0.355 e. The first-order valence-electron chi connectivity index (χ1n) is 4.33. The Balaban J connectivity index is 2.33. The molecule has 0 bridgehead atoms. The fourth-order valence-electron chi connectivity index (χ4n) is 1.27. The van der Waals surface area contributed by atoms with Crippen LogP contribution in [0.3, 0.4) is 0 Å². The second-order valence-corrected chi connectivity index (χ2v) is 3.56. The van der Waals surface area contributed by atoms with Crippen LogP contribution in [-0.2, 0) is 5.33 Å². The quantitative estimate of drug-likeness (QED) is 0.781. The summed E-state index contributed by atoms with van der Waals surface area (Å²) in [6.45, 7) is 0. The SMILES string of the molecule is CN1NNN(c2cccnc2CBr)C1=O. The number of rotatable bonds is 2. The number of hydrazine groups is 3. The summed E-state index contributed by atoms with van der Waals surface area (Å²) < 4.78 is 0. The molecule has 2 rings (SSSR count). The van der Waals surface area contributed by atoms with Crippen molar-refractivity contribution in [1.82, 2.24) is 21.1 Å². The van der Waals surface area contributed by atoms with Gasteiger partial charge in [-0.05, 0) is 12.1 Å². The molecular weight excluding hydrogens is 262 g/mol. The normalized spacial score (nSPS) is 16.3. The third-order valence-electron chi connectivity index (χ3n) is 2.04. The Bertz CT molecular complexity index is 385. The van der Waals surface area contributed by atoms with Crippen molar-refractivity contribution in [1.29, 1.82) is 0 Å². The van der Waals surface area contributed by atoms with Crippen molar-refractivity contribution in [2.45, 2.75) is 5.33 Å². The van der Waals surface area contributed by atoms with Crippen molar-refractivity contribution >= 4 is 27.6 Å². The zero-order valence-corrected chi connectivity index (χ0v) is 9.65. The zero-order valence-electron chi connectivity index (χ0n) is 8.07. The van der Waals surface area contributed by atoms with Gasteiger partial charge in [0.2, 0.25) is 0 Å². The number of halogens is 1. The maximum absolute atomic E-state index is 11.7. The fourth-order valence-corrected chi connectivity index (χ4v) is 1.70. The van der Waals surface area contributed by atoms with Gasteiger partial charge in [-0.3, -0.25) is 4.98 Å². The van der Waals surface area contributed by atoms with Crippen molar-refractivity contribution in [3.05, 3.63) is 24.0 Å². The Hall–Kier alpha value is -1.18. The number of nitrogens with one attached hydrogen (secondary N) is 2. The van der Waals surface area contributed by atoms with Crippen LogP contribution in [0.15, 0.2) is 18.3 Å². The highest BCUT2D eigenvalue weighted by atomic mass is 79.9. The molecule has 0 spiro atoms. The van der Waals surface area contributed by atoms with Crippen molar-refractivity contribution in [3.63, 3.8) is 0 Å². The van der Waals surface area contributed by atoms with E-state index in [2.05, 4.69) is 32.0 Å². The second-order valence-electron chi connectivity index (χ2n) is 3.00. The van der Waals surface area contributed by atoms with E-state index in [0.717, 1.165) is 11.4 Å². The number of aromatic nitrogens is 1. The first kappa shape index (κ1) is 10.3. The van der Waals surface area contributed by atoms with Crippen LogP contribution in [0.25, 0.3) is 0 Å². The predicted molar refractivity (Wildman–Crippen MR) is 58.8 cm³/mol. The molecule has 0 unspecified atom stereocenters. The van der Waals surface area contributed by atoms with Crippen molar-refractivity contribution < 1.29 is 4.79 Å². The number of nitrogens with zero attached hydrogens (tertiary/aromatic N) is 3. The Kier molecular flexibility index (Phi) is 2.85. The largest absolute Gasteiger partial charge is 0.355 e. The van der Waals surface area contributed by atoms with Gasteiger partial charge < -0.3 is 0 Å². The number of carbonyl (C=O) groups excluding carboxylic acids is 1. The molecule has 1 aromatic rings. The van der Waals surface area contributed by atoms with Crippen LogP contribution < -0.4 is 16.1 Å². The molecule has 6 nitrogen and oxygen atoms in total. The van der Waals surface area contributed by atoms with Gasteiger partial charge in [-0.25, -0.2) is 14.8 Å². The van der Waals surface area contributed by atoms with E-state index in [1.807, 2.05) is 6.07 Å². The average Bonchev–Trinajstić information content (AvgIpc) is 2.60. The molecule has 0 radical (unpaired) electrons. The predicted octanol–water partition coefficient (Wildman–Crippen LogP) is 0.772. The molecule has 2 amide bonds. The third-order valence-corrected chi connectivity index (χ3v) is 2.57. The van der Waals surface area contributed by atoms with Crippen molar-refractivity contribution in [2.75, 3.05) is 12.1 Å². The molecule has 1 aromatic heterocycles. The number of carbonyl (C=O) groups is 1. The van der Waals surface area contributed by atoms with E-state index in [9.17, 15) is 4.79 Å². The molecule has 7 heteroatoms. The lowest BCUT2D eigenvalue weighted by Gasteiger charge is -2.15. The number of amides is 2. The molecule has 1 fully saturated rings. The summed E-state index contributed by atoms with van der Waals surface area (Å²) in [6, 6.07) is 3.44. The lowest BCUT2D eigenvalue weighted by molar-refractivity contribution is 0.214. The Labute approximate surface area is 95.3 Å². The molecule has 2 heterocycles. The summed E-state index contributed by atoms with van der Waals surface area (Å²) in [5, 5.41) is 3.35. The summed E-state index contributed by atoms with van der Waals surface area (Å²) in [7, 11) is 1.64. The van der Waals surface area contributed by atoms with Gasteiger partial charge in [-0.1, -0.05) is 15.9 Å². The first-order valence-corrected chi connectivity index (χ1v) is 5.45. The topological polar surface area (TPSA) is 60.5 Å². The van der Waals surface area contributed by atoms with Gasteiger partial charge in [0.15, 0.2) is 0 Å². The van der Waals surface area contributed by atoms with Crippen LogP contribution in [0.4, 0.5) is 10.5 Å². The summed E-state index contributed by atoms with van der Waals surface area (Å²) in [5.41, 5.74) is 6.97. The highest BCUT2D eigenvalue weighted by Gasteiger charge is 2.28. The molecule has 15 heavy (non-hydrogen) atoms. The van der Waals surface area contributed by atoms with Crippen LogP contribution in [0.2, 0.25) is 0 Å². The number of urea groups is 1. The summed E-state index contributed by atoms with van der Waals surface area (Å²) in [4.78, 5) is 15.8. The Morgan fingerprint density at radius 2 is 2.33 bits per heavy atom. The van der Waals surface area contributed by atoms with Crippen LogP contribution in [0.5, 0.6) is 0 Å². The van der Waals surface area contributed by atoms with Crippen LogP contribution in [0.1, 0.15) is 5.69 Å². The van der Waals surface area contributed by atoms with Crippen LogP contribution >= 0.6 is 15.9 Å². The summed E-state index contributed by atoms with van der Waals surface area (Å²) in [5.74, 6) is 0. The standard InChI is InChI=1S/C8H10BrN5O/c1-13-8(15)14(12-11-13)7-3-2-4-10-6(7)5-9/h2-4,11-12H,5H2,1H3. The molecule has 0 atom stereocenters. The minimum Gasteiger partial charge on any atom is -0.258 e. The molecular formula is C8H10BrN5O. The lowest BCUT2D eigenvalue weighted by Crippen LogP contribution is -2.38. The summed E-state index contributed by atoms with van der Waals surface area (Å²) in [6.07, 6.45) is 1.69.